The summed E-state index contributed by atoms with van der Waals surface area (Å²) in [6.45, 7) is 0.718. The van der Waals surface area contributed by atoms with Crippen LogP contribution >= 0.6 is 15.9 Å². The Labute approximate surface area is 90.2 Å². The molecule has 1 aromatic heterocycles. The first-order valence-corrected chi connectivity index (χ1v) is 5.15. The molecule has 1 aliphatic rings. The van der Waals surface area contributed by atoms with Crippen LogP contribution in [0.25, 0.3) is 0 Å². The van der Waals surface area contributed by atoms with Gasteiger partial charge in [0.1, 0.15) is 17.6 Å². The van der Waals surface area contributed by atoms with Crippen molar-refractivity contribution >= 4 is 15.9 Å². The Kier molecular flexibility index (Phi) is 2.90. The molecule has 0 spiro atoms. The van der Waals surface area contributed by atoms with Crippen molar-refractivity contribution in [2.24, 2.45) is 5.84 Å². The van der Waals surface area contributed by atoms with Gasteiger partial charge in [0, 0.05) is 6.42 Å². The number of halogens is 1. The van der Waals surface area contributed by atoms with Gasteiger partial charge in [0.05, 0.1) is 6.61 Å². The molecule has 3 N–H and O–H groups in total. The molecular weight excluding hydrogens is 248 g/mol. The van der Waals surface area contributed by atoms with E-state index in [-0.39, 0.29) is 6.04 Å². The van der Waals surface area contributed by atoms with Gasteiger partial charge in [-0.3, -0.25) is 5.84 Å². The van der Waals surface area contributed by atoms with E-state index in [1.165, 1.54) is 0 Å². The molecule has 0 amide bonds. The second kappa shape index (κ2) is 4.16. The van der Waals surface area contributed by atoms with Gasteiger partial charge in [0.2, 0.25) is 0 Å². The number of hydrogen-bond donors (Lipinski definition) is 2. The molecule has 0 bridgehead atoms. The average Bonchev–Trinajstić information content (AvgIpc) is 2.79. The fraction of sp³-hybridized carbons (Fsp3) is 0.333. The van der Waals surface area contributed by atoms with E-state index in [0.717, 1.165) is 24.5 Å². The summed E-state index contributed by atoms with van der Waals surface area (Å²) in [5.41, 5.74) is 2.67. The molecular formula is C9H11BrN2O2. The summed E-state index contributed by atoms with van der Waals surface area (Å²) in [4.78, 5) is 0. The normalized spacial score (nSPS) is 17.7. The monoisotopic (exact) mass is 258 g/mol. The lowest BCUT2D eigenvalue weighted by molar-refractivity contribution is 0.207. The molecule has 0 saturated heterocycles. The lowest BCUT2D eigenvalue weighted by Gasteiger charge is -2.14. The van der Waals surface area contributed by atoms with E-state index >= 15 is 0 Å². The van der Waals surface area contributed by atoms with Crippen LogP contribution in [0.1, 0.15) is 18.2 Å². The third-order valence-electron chi connectivity index (χ3n) is 2.06. The number of furan rings is 1. The van der Waals surface area contributed by atoms with Gasteiger partial charge in [-0.1, -0.05) is 0 Å². The van der Waals surface area contributed by atoms with Crippen LogP contribution in [-0.4, -0.2) is 6.61 Å². The third-order valence-corrected chi connectivity index (χ3v) is 2.49. The maximum Gasteiger partial charge on any atom is 0.169 e. The van der Waals surface area contributed by atoms with Crippen LogP contribution in [0, 0.1) is 0 Å². The van der Waals surface area contributed by atoms with E-state index in [1.807, 2.05) is 18.2 Å². The number of ether oxygens (including phenoxy) is 1. The number of nitrogens with one attached hydrogen (secondary N) is 1. The molecule has 0 radical (unpaired) electrons. The van der Waals surface area contributed by atoms with Crippen LogP contribution < -0.4 is 11.3 Å². The molecule has 5 heteroatoms. The van der Waals surface area contributed by atoms with Crippen molar-refractivity contribution in [1.29, 1.82) is 0 Å². The van der Waals surface area contributed by atoms with Crippen molar-refractivity contribution in [3.8, 4) is 0 Å². The van der Waals surface area contributed by atoms with Crippen LogP contribution in [-0.2, 0) is 4.74 Å². The standard InChI is InChI=1S/C9H11BrN2O2/c10-8-4-3-7(14-8)9(12-11)6-2-1-5-13-6/h2-4,9,12H,1,5,11H2. The Balaban J connectivity index is 2.20. The molecule has 2 rings (SSSR count). The second-order valence-electron chi connectivity index (χ2n) is 2.99. The fourth-order valence-corrected chi connectivity index (χ4v) is 1.75. The molecule has 0 aromatic carbocycles. The minimum atomic E-state index is -0.191. The largest absolute Gasteiger partial charge is 0.496 e. The predicted octanol–water partition coefficient (Wildman–Crippen LogP) is 1.85. The second-order valence-corrected chi connectivity index (χ2v) is 3.77. The number of rotatable bonds is 3. The van der Waals surface area contributed by atoms with Gasteiger partial charge in [0.15, 0.2) is 4.67 Å². The first-order chi connectivity index (χ1) is 6.81. The Bertz CT molecular complexity index is 348. The molecule has 14 heavy (non-hydrogen) atoms. The summed E-state index contributed by atoms with van der Waals surface area (Å²) in [6.07, 6.45) is 2.94. The van der Waals surface area contributed by atoms with Crippen molar-refractivity contribution in [2.45, 2.75) is 12.5 Å². The van der Waals surface area contributed by atoms with Crippen molar-refractivity contribution in [1.82, 2.24) is 5.43 Å². The van der Waals surface area contributed by atoms with Gasteiger partial charge in [-0.25, -0.2) is 5.43 Å². The highest BCUT2D eigenvalue weighted by atomic mass is 79.9. The zero-order chi connectivity index (χ0) is 9.97. The predicted molar refractivity (Wildman–Crippen MR) is 55.1 cm³/mol. The average molecular weight is 259 g/mol. The van der Waals surface area contributed by atoms with Gasteiger partial charge in [-0.2, -0.15) is 0 Å². The van der Waals surface area contributed by atoms with Crippen molar-refractivity contribution in [3.05, 3.63) is 34.4 Å². The zero-order valence-corrected chi connectivity index (χ0v) is 9.08. The van der Waals surface area contributed by atoms with Crippen LogP contribution in [0.4, 0.5) is 0 Å². The highest BCUT2D eigenvalue weighted by Gasteiger charge is 2.22. The molecule has 76 valence electrons. The first kappa shape index (κ1) is 9.76. The lowest BCUT2D eigenvalue weighted by Crippen LogP contribution is -2.29. The SMILES string of the molecule is NNC(C1=CCCO1)c1ccc(Br)o1. The van der Waals surface area contributed by atoms with Gasteiger partial charge in [0.25, 0.3) is 0 Å². The van der Waals surface area contributed by atoms with E-state index < -0.39 is 0 Å². The number of hydrogen-bond acceptors (Lipinski definition) is 4. The molecule has 2 heterocycles. The van der Waals surface area contributed by atoms with Crippen molar-refractivity contribution in [3.63, 3.8) is 0 Å². The quantitative estimate of drug-likeness (QED) is 0.642. The molecule has 0 fully saturated rings. The molecule has 4 nitrogen and oxygen atoms in total. The van der Waals surface area contributed by atoms with E-state index in [9.17, 15) is 0 Å². The Morgan fingerprint density at radius 1 is 1.50 bits per heavy atom. The number of nitrogens with two attached hydrogens (primary N) is 1. The Morgan fingerprint density at radius 3 is 2.86 bits per heavy atom. The Morgan fingerprint density at radius 2 is 2.36 bits per heavy atom. The van der Waals surface area contributed by atoms with Crippen molar-refractivity contribution < 1.29 is 9.15 Å². The van der Waals surface area contributed by atoms with E-state index in [4.69, 9.17) is 15.0 Å². The van der Waals surface area contributed by atoms with Crippen LogP contribution in [0.3, 0.4) is 0 Å². The van der Waals surface area contributed by atoms with Gasteiger partial charge in [-0.15, -0.1) is 0 Å². The van der Waals surface area contributed by atoms with Crippen LogP contribution in [0.5, 0.6) is 0 Å². The van der Waals surface area contributed by atoms with E-state index in [2.05, 4.69) is 21.4 Å². The topological polar surface area (TPSA) is 60.4 Å². The summed E-state index contributed by atoms with van der Waals surface area (Å²) in [5.74, 6) is 7.02. The van der Waals surface area contributed by atoms with Crippen LogP contribution in [0.2, 0.25) is 0 Å². The van der Waals surface area contributed by atoms with Gasteiger partial charge in [-0.05, 0) is 34.1 Å². The molecule has 1 unspecified atom stereocenters. The minimum Gasteiger partial charge on any atom is -0.496 e. The molecule has 1 aliphatic heterocycles. The summed E-state index contributed by atoms with van der Waals surface area (Å²) in [6, 6.07) is 3.50. The summed E-state index contributed by atoms with van der Waals surface area (Å²) in [5, 5.41) is 0. The van der Waals surface area contributed by atoms with Gasteiger partial charge >= 0.3 is 0 Å². The smallest absolute Gasteiger partial charge is 0.169 e. The maximum atomic E-state index is 5.45. The zero-order valence-electron chi connectivity index (χ0n) is 7.50. The molecule has 0 aliphatic carbocycles. The molecule has 1 aromatic rings. The minimum absolute atomic E-state index is 0.191. The Hall–Kier alpha value is -0.780. The highest BCUT2D eigenvalue weighted by Crippen LogP contribution is 2.28. The first-order valence-electron chi connectivity index (χ1n) is 4.35. The highest BCUT2D eigenvalue weighted by molar-refractivity contribution is 9.10. The third kappa shape index (κ3) is 1.84. The summed E-state index contributed by atoms with van der Waals surface area (Å²) < 4.78 is 11.5. The molecule has 0 saturated carbocycles. The van der Waals surface area contributed by atoms with Crippen LogP contribution in [0.15, 0.2) is 33.1 Å². The molecule has 1 atom stereocenters. The fourth-order valence-electron chi connectivity index (χ4n) is 1.43. The van der Waals surface area contributed by atoms with E-state index in [0.29, 0.717) is 4.67 Å². The van der Waals surface area contributed by atoms with E-state index in [1.54, 1.807) is 0 Å². The lowest BCUT2D eigenvalue weighted by atomic mass is 10.2. The number of hydrazine groups is 1. The van der Waals surface area contributed by atoms with Crippen molar-refractivity contribution in [2.75, 3.05) is 6.61 Å². The van der Waals surface area contributed by atoms with Gasteiger partial charge < -0.3 is 9.15 Å². The summed E-state index contributed by atoms with van der Waals surface area (Å²) in [7, 11) is 0. The maximum absolute atomic E-state index is 5.45. The summed E-state index contributed by atoms with van der Waals surface area (Å²) >= 11 is 3.24.